The molecule has 374 valence electrons. The summed E-state index contributed by atoms with van der Waals surface area (Å²) in [6.07, 6.45) is 20.3. The lowest BCUT2D eigenvalue weighted by Crippen LogP contribution is -2.60. The maximum Gasteiger partial charge on any atom is 0.305 e. The zero-order valence-electron chi connectivity index (χ0n) is 42.4. The van der Waals surface area contributed by atoms with Crippen LogP contribution < -0.4 is 10.6 Å². The summed E-state index contributed by atoms with van der Waals surface area (Å²) in [4.78, 5) is 52.7. The Balaban J connectivity index is 0.928. The monoisotopic (exact) mass is 921 g/mol. The van der Waals surface area contributed by atoms with Crippen LogP contribution in [-0.4, -0.2) is 71.5 Å². The van der Waals surface area contributed by atoms with Crippen LogP contribution in [0.3, 0.4) is 0 Å². The minimum atomic E-state index is -0.354. The van der Waals surface area contributed by atoms with Gasteiger partial charge in [-0.3, -0.25) is 19.2 Å². The Morgan fingerprint density at radius 2 is 1.08 bits per heavy atom. The molecule has 14 aliphatic rings. The lowest BCUT2D eigenvalue weighted by atomic mass is 9.43. The molecule has 7 heterocycles. The number of nitrogens with one attached hydrogen (secondary N) is 2. The van der Waals surface area contributed by atoms with Gasteiger partial charge in [-0.15, -0.1) is 0 Å². The molecule has 66 heavy (non-hydrogen) atoms. The van der Waals surface area contributed by atoms with Gasteiger partial charge in [0, 0.05) is 37.8 Å². The largest absolute Gasteiger partial charge is 0.462 e. The Labute approximate surface area is 398 Å². The molecule has 7 saturated heterocycles. The van der Waals surface area contributed by atoms with Gasteiger partial charge in [0.05, 0.1) is 12.2 Å². The quantitative estimate of drug-likeness (QED) is 0.200. The van der Waals surface area contributed by atoms with Gasteiger partial charge in [0.25, 0.3) is 0 Å². The second-order valence-electron chi connectivity index (χ2n) is 25.5. The zero-order chi connectivity index (χ0) is 47.2. The molecule has 4 N–H and O–H groups in total. The lowest BCUT2D eigenvalue weighted by Gasteiger charge is -2.63. The minimum Gasteiger partial charge on any atom is -0.462 e. The van der Waals surface area contributed by atoms with Crippen molar-refractivity contribution in [1.29, 1.82) is 0 Å². The van der Waals surface area contributed by atoms with E-state index in [0.29, 0.717) is 91.3 Å². The zero-order valence-corrected chi connectivity index (χ0v) is 42.4. The number of aliphatic hydroxyl groups is 2. The highest BCUT2D eigenvalue weighted by molar-refractivity contribution is 5.79. The number of rotatable bonds is 2. The standard InChI is InChI=1S/C56H92N2O8/c1-8-10-41-51-43-21-23-53(41,4)33-34(2)13-17-49(63)65-27-28-66-50(64)18-14-35(3)40-15-16-42-52-44(22-26-56(40,42)7)55(6)25-20-39(30-37(55)32-46(52)60)58-48(62)12-9-11-47(61)57-38-19-24-54(43,5)36(29-38)31-45(51)59/h34-46,51-52,59-60H,8-33H2,1-7H3,(H,57,61)(H,58,62)/t34-,35-,36?,37?,38-,39-,40-,41-,42+,43+,44+,45+,46+,51+,52+,53-,54+,55+,56-/m1/s1. The van der Waals surface area contributed by atoms with Gasteiger partial charge in [0.15, 0.2) is 0 Å². The van der Waals surface area contributed by atoms with Crippen molar-refractivity contribution in [2.24, 2.45) is 86.8 Å². The van der Waals surface area contributed by atoms with Crippen LogP contribution in [0, 0.1) is 86.8 Å². The number of carbonyl (C=O) groups is 4. The number of esters is 2. The normalized spacial score (nSPS) is 49.0. The van der Waals surface area contributed by atoms with Crippen LogP contribution in [0.4, 0.5) is 0 Å². The molecule has 2 amide bonds. The second-order valence-corrected chi connectivity index (χ2v) is 25.5. The summed E-state index contributed by atoms with van der Waals surface area (Å²) in [5.74, 6) is 3.99. The van der Waals surface area contributed by atoms with Gasteiger partial charge in [-0.2, -0.15) is 0 Å². The summed E-state index contributed by atoms with van der Waals surface area (Å²) in [5.41, 5.74) is 0.525. The van der Waals surface area contributed by atoms with E-state index in [0.717, 1.165) is 122 Å². The lowest BCUT2D eigenvalue weighted by molar-refractivity contribution is -0.171. The molecular weight excluding hydrogens is 829 g/mol. The van der Waals surface area contributed by atoms with Gasteiger partial charge in [-0.05, 0) is 209 Å². The van der Waals surface area contributed by atoms with Gasteiger partial charge in [0.2, 0.25) is 11.8 Å². The molecule has 10 nitrogen and oxygen atoms in total. The van der Waals surface area contributed by atoms with Crippen molar-refractivity contribution in [1.82, 2.24) is 10.6 Å². The molecule has 19 atom stereocenters. The first kappa shape index (κ1) is 50.2. The number of carbonyl (C=O) groups excluding carboxylic acids is 4. The van der Waals surface area contributed by atoms with E-state index in [1.807, 2.05) is 0 Å². The highest BCUT2D eigenvalue weighted by atomic mass is 16.6. The van der Waals surface area contributed by atoms with E-state index in [2.05, 4.69) is 59.1 Å². The van der Waals surface area contributed by atoms with E-state index in [1.165, 1.54) is 0 Å². The molecular formula is C56H92N2O8. The Hall–Kier alpha value is -2.20. The molecule has 0 radical (unpaired) electrons. The van der Waals surface area contributed by atoms with Crippen LogP contribution in [0.5, 0.6) is 0 Å². The van der Waals surface area contributed by atoms with Crippen LogP contribution in [0.15, 0.2) is 0 Å². The first-order valence-corrected chi connectivity index (χ1v) is 27.6. The van der Waals surface area contributed by atoms with Crippen LogP contribution in [-0.2, 0) is 28.7 Å². The fraction of sp³-hybridized carbons (Fsp3) is 0.929. The van der Waals surface area contributed by atoms with E-state index in [-0.39, 0.29) is 88.8 Å². The summed E-state index contributed by atoms with van der Waals surface area (Å²) in [7, 11) is 0. The first-order valence-electron chi connectivity index (χ1n) is 27.6. The molecule has 14 fully saturated rings. The SMILES string of the molecule is CCC[C@@H]1[C@@H]2[C@@H](O)CC3C[C@H]4CC[C@]3(C)[C@H]2CC[C@]1(C)C[C@H](C)CCC(=O)OCCOC(=O)CC[C@@H](C)[C@H]1CC[C@H]2[C@@H]3[C@@H](O)CC5C[C@@H](CC[C@]5(C)[C@H]3CC[C@]12C)NC(=O)CCCC(=O)N4. The molecule has 2 unspecified atom stereocenters. The third-order valence-corrected chi connectivity index (χ3v) is 21.9. The van der Waals surface area contributed by atoms with Gasteiger partial charge < -0.3 is 30.3 Å². The van der Waals surface area contributed by atoms with Gasteiger partial charge >= 0.3 is 11.9 Å². The Kier molecular flexibility index (Phi) is 15.4. The molecule has 7 aliphatic carbocycles. The molecule has 0 spiro atoms. The van der Waals surface area contributed by atoms with E-state index in [4.69, 9.17) is 9.47 Å². The number of hydrogen-bond donors (Lipinski definition) is 4. The predicted molar refractivity (Wildman–Crippen MR) is 256 cm³/mol. The predicted octanol–water partition coefficient (Wildman–Crippen LogP) is 10.1. The molecule has 7 saturated carbocycles. The maximum absolute atomic E-state index is 13.4. The topological polar surface area (TPSA) is 151 Å². The fourth-order valence-corrected chi connectivity index (χ4v) is 18.5. The second kappa shape index (κ2) is 20.3. The number of hydrogen-bond acceptors (Lipinski definition) is 8. The molecule has 14 bridgehead atoms. The van der Waals surface area contributed by atoms with E-state index in [1.54, 1.807) is 0 Å². The Morgan fingerprint density at radius 1 is 0.576 bits per heavy atom. The average Bonchev–Trinajstić information content (AvgIpc) is 3.62. The number of ether oxygens (including phenoxy) is 2. The summed E-state index contributed by atoms with van der Waals surface area (Å²) < 4.78 is 11.2. The maximum atomic E-state index is 13.4. The van der Waals surface area contributed by atoms with Crippen molar-refractivity contribution < 1.29 is 38.9 Å². The summed E-state index contributed by atoms with van der Waals surface area (Å²) in [6, 6.07) is 0.221. The minimum absolute atomic E-state index is 0.0399. The smallest absolute Gasteiger partial charge is 0.305 e. The van der Waals surface area contributed by atoms with Crippen LogP contribution in [0.1, 0.15) is 203 Å². The number of aliphatic hydroxyl groups excluding tert-OH is 2. The average molecular weight is 921 g/mol. The van der Waals surface area contributed by atoms with E-state index >= 15 is 0 Å². The third-order valence-electron chi connectivity index (χ3n) is 21.9. The van der Waals surface area contributed by atoms with Crippen molar-refractivity contribution in [3.05, 3.63) is 0 Å². The van der Waals surface area contributed by atoms with Gasteiger partial charge in [-0.25, -0.2) is 0 Å². The van der Waals surface area contributed by atoms with Crippen molar-refractivity contribution in [2.45, 2.75) is 227 Å². The third kappa shape index (κ3) is 9.91. The van der Waals surface area contributed by atoms with Gasteiger partial charge in [0.1, 0.15) is 13.2 Å². The fourth-order valence-electron chi connectivity index (χ4n) is 18.5. The molecule has 0 aromatic heterocycles. The highest BCUT2D eigenvalue weighted by Crippen LogP contribution is 2.69. The molecule has 10 heteroatoms. The molecule has 0 aromatic rings. The molecule has 14 rings (SSSR count). The van der Waals surface area contributed by atoms with Crippen molar-refractivity contribution in [2.75, 3.05) is 13.2 Å². The first-order chi connectivity index (χ1) is 31.4. The van der Waals surface area contributed by atoms with Gasteiger partial charge in [-0.1, -0.05) is 54.9 Å². The molecule has 0 aromatic carbocycles. The highest BCUT2D eigenvalue weighted by Gasteiger charge is 2.63. The van der Waals surface area contributed by atoms with Crippen LogP contribution >= 0.6 is 0 Å². The van der Waals surface area contributed by atoms with Crippen molar-refractivity contribution in [3.8, 4) is 0 Å². The van der Waals surface area contributed by atoms with E-state index < -0.39 is 0 Å². The summed E-state index contributed by atoms with van der Waals surface area (Å²) >= 11 is 0. The Morgan fingerprint density at radius 3 is 1.67 bits per heavy atom. The Bertz CT molecular complexity index is 1740. The summed E-state index contributed by atoms with van der Waals surface area (Å²) in [5, 5.41) is 30.8. The molecule has 7 aliphatic heterocycles. The van der Waals surface area contributed by atoms with Crippen molar-refractivity contribution >= 4 is 23.8 Å². The van der Waals surface area contributed by atoms with Crippen LogP contribution in [0.25, 0.3) is 0 Å². The summed E-state index contributed by atoms with van der Waals surface area (Å²) in [6.45, 7) is 16.9. The number of amides is 2. The van der Waals surface area contributed by atoms with Crippen LogP contribution in [0.2, 0.25) is 0 Å². The van der Waals surface area contributed by atoms with Crippen molar-refractivity contribution in [3.63, 3.8) is 0 Å². The van der Waals surface area contributed by atoms with E-state index in [9.17, 15) is 29.4 Å².